The van der Waals surface area contributed by atoms with Crippen LogP contribution in [-0.2, 0) is 9.53 Å². The smallest absolute Gasteiger partial charge is 0.362 e. The summed E-state index contributed by atoms with van der Waals surface area (Å²) in [5.41, 5.74) is 0.365. The fourth-order valence-electron chi connectivity index (χ4n) is 1.11. The first-order valence-corrected chi connectivity index (χ1v) is 6.08. The minimum absolute atomic E-state index is 0.197. The number of allylic oxidation sites excluding steroid dienone is 1. The summed E-state index contributed by atoms with van der Waals surface area (Å²) in [7, 11) is 0. The summed E-state index contributed by atoms with van der Waals surface area (Å²) in [5.74, 6) is -0.927. The number of esters is 1. The van der Waals surface area contributed by atoms with Gasteiger partial charge in [0.2, 0.25) is 5.70 Å². The van der Waals surface area contributed by atoms with Gasteiger partial charge in [0.05, 0.1) is 12.3 Å². The second-order valence-electron chi connectivity index (χ2n) is 3.33. The summed E-state index contributed by atoms with van der Waals surface area (Å²) in [5, 5.41) is 16.9. The van der Waals surface area contributed by atoms with Gasteiger partial charge in [-0.1, -0.05) is 22.0 Å². The third-order valence-corrected chi connectivity index (χ3v) is 2.38. The molecule has 0 amide bonds. The Kier molecular flexibility index (Phi) is 5.51. The van der Waals surface area contributed by atoms with E-state index in [0.29, 0.717) is 5.69 Å². The Morgan fingerprint density at radius 3 is 2.78 bits per heavy atom. The molecule has 18 heavy (non-hydrogen) atoms. The van der Waals surface area contributed by atoms with E-state index in [1.807, 2.05) is 6.07 Å². The number of benzene rings is 1. The highest BCUT2D eigenvalue weighted by atomic mass is 79.9. The lowest BCUT2D eigenvalue weighted by atomic mass is 10.3. The van der Waals surface area contributed by atoms with Crippen LogP contribution >= 0.6 is 15.9 Å². The number of hydrogen-bond donors (Lipinski definition) is 1. The molecule has 0 aromatic heterocycles. The van der Waals surface area contributed by atoms with Crippen molar-refractivity contribution in [3.63, 3.8) is 0 Å². The van der Waals surface area contributed by atoms with E-state index in [1.165, 1.54) is 6.92 Å². The van der Waals surface area contributed by atoms with Gasteiger partial charge in [0, 0.05) is 4.47 Å². The molecule has 1 aromatic carbocycles. The predicted octanol–water partition coefficient (Wildman–Crippen LogP) is 3.89. The number of azo groups is 1. The van der Waals surface area contributed by atoms with Crippen LogP contribution in [0.5, 0.6) is 0 Å². The summed E-state index contributed by atoms with van der Waals surface area (Å²) in [6.07, 6.45) is 0. The fraction of sp³-hybridized carbons (Fsp3) is 0.250. The maximum Gasteiger partial charge on any atom is 0.362 e. The van der Waals surface area contributed by atoms with E-state index in [9.17, 15) is 9.90 Å². The van der Waals surface area contributed by atoms with Gasteiger partial charge >= 0.3 is 5.97 Å². The second kappa shape index (κ2) is 6.90. The van der Waals surface area contributed by atoms with Gasteiger partial charge in [-0.2, -0.15) is 5.11 Å². The van der Waals surface area contributed by atoms with Gasteiger partial charge in [0.1, 0.15) is 5.76 Å². The van der Waals surface area contributed by atoms with Crippen LogP contribution in [0.2, 0.25) is 0 Å². The Balaban J connectivity index is 2.92. The van der Waals surface area contributed by atoms with Gasteiger partial charge in [0.25, 0.3) is 0 Å². The third-order valence-electron chi connectivity index (χ3n) is 1.89. The topological polar surface area (TPSA) is 71.2 Å². The average Bonchev–Trinajstić information content (AvgIpc) is 2.29. The van der Waals surface area contributed by atoms with E-state index in [-0.39, 0.29) is 18.1 Å². The summed E-state index contributed by atoms with van der Waals surface area (Å²) in [6.45, 7) is 3.24. The number of aliphatic hydroxyl groups is 1. The Morgan fingerprint density at radius 1 is 1.50 bits per heavy atom. The zero-order chi connectivity index (χ0) is 13.5. The molecule has 0 unspecified atom stereocenters. The Hall–Kier alpha value is -1.69. The molecule has 0 heterocycles. The predicted molar refractivity (Wildman–Crippen MR) is 70.6 cm³/mol. The van der Waals surface area contributed by atoms with E-state index in [4.69, 9.17) is 4.74 Å². The molecule has 0 spiro atoms. The monoisotopic (exact) mass is 312 g/mol. The van der Waals surface area contributed by atoms with E-state index >= 15 is 0 Å². The number of nitrogens with zero attached hydrogens (tertiary/aromatic N) is 2. The van der Waals surface area contributed by atoms with Gasteiger partial charge in [0.15, 0.2) is 0 Å². The molecule has 0 saturated heterocycles. The van der Waals surface area contributed by atoms with Crippen molar-refractivity contribution in [2.45, 2.75) is 13.8 Å². The summed E-state index contributed by atoms with van der Waals surface area (Å²) in [6, 6.07) is 7.10. The molecule has 0 aliphatic rings. The lowest BCUT2D eigenvalue weighted by molar-refractivity contribution is -0.138. The Bertz CT molecular complexity index is 494. The summed E-state index contributed by atoms with van der Waals surface area (Å²) >= 11 is 3.30. The summed E-state index contributed by atoms with van der Waals surface area (Å²) in [4.78, 5) is 11.5. The zero-order valence-corrected chi connectivity index (χ0v) is 11.6. The highest BCUT2D eigenvalue weighted by Gasteiger charge is 2.13. The molecule has 6 heteroatoms. The first-order valence-electron chi connectivity index (χ1n) is 5.29. The molecule has 1 aromatic rings. The van der Waals surface area contributed by atoms with Crippen molar-refractivity contribution >= 4 is 27.6 Å². The lowest BCUT2D eigenvalue weighted by Gasteiger charge is -2.02. The van der Waals surface area contributed by atoms with Crippen LogP contribution in [0.3, 0.4) is 0 Å². The molecule has 5 nitrogen and oxygen atoms in total. The summed E-state index contributed by atoms with van der Waals surface area (Å²) < 4.78 is 5.61. The van der Waals surface area contributed by atoms with Crippen molar-refractivity contribution < 1.29 is 14.6 Å². The highest BCUT2D eigenvalue weighted by molar-refractivity contribution is 9.10. The van der Waals surface area contributed by atoms with Crippen LogP contribution < -0.4 is 0 Å². The van der Waals surface area contributed by atoms with Crippen molar-refractivity contribution in [2.24, 2.45) is 10.2 Å². The molecule has 1 N–H and O–H groups in total. The van der Waals surface area contributed by atoms with Crippen molar-refractivity contribution in [1.29, 1.82) is 0 Å². The van der Waals surface area contributed by atoms with Crippen molar-refractivity contribution in [1.82, 2.24) is 0 Å². The molecule has 0 saturated carbocycles. The van der Waals surface area contributed by atoms with Gasteiger partial charge in [-0.3, -0.25) is 0 Å². The fourth-order valence-corrected chi connectivity index (χ4v) is 1.49. The van der Waals surface area contributed by atoms with E-state index in [0.717, 1.165) is 4.47 Å². The number of ether oxygens (including phenoxy) is 1. The average molecular weight is 313 g/mol. The molecular formula is C12H13BrN2O3. The quantitative estimate of drug-likeness (QED) is 0.397. The largest absolute Gasteiger partial charge is 0.510 e. The number of carbonyl (C=O) groups is 1. The molecule has 96 valence electrons. The minimum Gasteiger partial charge on any atom is -0.510 e. The van der Waals surface area contributed by atoms with E-state index in [1.54, 1.807) is 25.1 Å². The zero-order valence-electron chi connectivity index (χ0n) is 10.1. The maximum absolute atomic E-state index is 11.5. The van der Waals surface area contributed by atoms with Crippen LogP contribution in [0.4, 0.5) is 5.69 Å². The van der Waals surface area contributed by atoms with Crippen LogP contribution in [0.15, 0.2) is 50.4 Å². The molecule has 0 aliphatic carbocycles. The van der Waals surface area contributed by atoms with E-state index < -0.39 is 5.97 Å². The molecule has 0 aliphatic heterocycles. The minimum atomic E-state index is -0.698. The number of aliphatic hydroxyl groups excluding tert-OH is 1. The Labute approximate surface area is 113 Å². The normalized spacial score (nSPS) is 12.4. The molecule has 1 rings (SSSR count). The first kappa shape index (κ1) is 14.4. The van der Waals surface area contributed by atoms with Crippen LogP contribution in [0.25, 0.3) is 0 Å². The second-order valence-corrected chi connectivity index (χ2v) is 4.25. The molecule has 0 radical (unpaired) electrons. The van der Waals surface area contributed by atoms with Crippen LogP contribution in [0, 0.1) is 0 Å². The van der Waals surface area contributed by atoms with Crippen molar-refractivity contribution in [2.75, 3.05) is 6.61 Å². The molecule has 0 fully saturated rings. The number of carbonyl (C=O) groups excluding carboxylic acids is 1. The van der Waals surface area contributed by atoms with Crippen molar-refractivity contribution in [3.05, 3.63) is 40.2 Å². The van der Waals surface area contributed by atoms with Gasteiger partial charge in [-0.25, -0.2) is 4.79 Å². The standard InChI is InChI=1S/C12H13BrN2O3/c1-3-18-12(17)11(8(2)16)15-14-10-6-4-5-9(13)7-10/h4-7,16H,3H2,1-2H3/b11-8-,15-14?. The first-order chi connectivity index (χ1) is 8.54. The molecular weight excluding hydrogens is 300 g/mol. The van der Waals surface area contributed by atoms with Gasteiger partial charge in [-0.05, 0) is 32.0 Å². The third kappa shape index (κ3) is 4.29. The SMILES string of the molecule is CCOC(=O)/C(N=Nc1cccc(Br)c1)=C(\C)O. The number of rotatable bonds is 4. The molecule has 0 bridgehead atoms. The lowest BCUT2D eigenvalue weighted by Crippen LogP contribution is -2.07. The maximum atomic E-state index is 11.5. The van der Waals surface area contributed by atoms with Crippen molar-refractivity contribution in [3.8, 4) is 0 Å². The number of hydrogen-bond acceptors (Lipinski definition) is 5. The Morgan fingerprint density at radius 2 is 2.22 bits per heavy atom. The van der Waals surface area contributed by atoms with Gasteiger partial charge in [-0.15, -0.1) is 5.11 Å². The molecule has 0 atom stereocenters. The number of halogens is 1. The van der Waals surface area contributed by atoms with Crippen LogP contribution in [-0.4, -0.2) is 17.7 Å². The van der Waals surface area contributed by atoms with Gasteiger partial charge < -0.3 is 9.84 Å². The van der Waals surface area contributed by atoms with E-state index in [2.05, 4.69) is 26.2 Å². The highest BCUT2D eigenvalue weighted by Crippen LogP contribution is 2.20. The van der Waals surface area contributed by atoms with Crippen LogP contribution in [0.1, 0.15) is 13.8 Å².